The predicted octanol–water partition coefficient (Wildman–Crippen LogP) is 1.65. The molecular weight excluding hydrogens is 224 g/mol. The summed E-state index contributed by atoms with van der Waals surface area (Å²) < 4.78 is 0. The zero-order valence-electron chi connectivity index (χ0n) is 11.7. The van der Waals surface area contributed by atoms with Gasteiger partial charge in [-0.25, -0.2) is 4.98 Å². The molecule has 0 saturated carbocycles. The van der Waals surface area contributed by atoms with Gasteiger partial charge >= 0.3 is 0 Å². The Morgan fingerprint density at radius 3 is 2.83 bits per heavy atom. The summed E-state index contributed by atoms with van der Waals surface area (Å²) in [6, 6.07) is 4.91. The fourth-order valence-electron chi connectivity index (χ4n) is 2.52. The molecule has 0 aliphatic carbocycles. The topological polar surface area (TPSA) is 31.4 Å². The predicted molar refractivity (Wildman–Crippen MR) is 75.8 cm³/mol. The maximum Gasteiger partial charge on any atom is 0.125 e. The first kappa shape index (κ1) is 13.3. The van der Waals surface area contributed by atoms with Crippen molar-refractivity contribution in [3.8, 4) is 0 Å². The van der Waals surface area contributed by atoms with Gasteiger partial charge in [-0.2, -0.15) is 0 Å². The summed E-state index contributed by atoms with van der Waals surface area (Å²) in [5.74, 6) is 0.934. The first-order valence-electron chi connectivity index (χ1n) is 6.78. The summed E-state index contributed by atoms with van der Waals surface area (Å²) in [7, 11) is 4.13. The summed E-state index contributed by atoms with van der Waals surface area (Å²) >= 11 is 0. The highest BCUT2D eigenvalue weighted by Gasteiger charge is 2.22. The van der Waals surface area contributed by atoms with Gasteiger partial charge in [-0.1, -0.05) is 13.0 Å². The van der Waals surface area contributed by atoms with Crippen LogP contribution in [0.4, 0.5) is 5.82 Å². The van der Waals surface area contributed by atoms with E-state index in [0.29, 0.717) is 6.04 Å². The molecule has 2 heterocycles. The molecule has 4 heteroatoms. The van der Waals surface area contributed by atoms with Crippen LogP contribution in [0.25, 0.3) is 0 Å². The van der Waals surface area contributed by atoms with Gasteiger partial charge in [0, 0.05) is 45.5 Å². The average Bonchev–Trinajstić information content (AvgIpc) is 2.42. The molecule has 1 aromatic heterocycles. The lowest BCUT2D eigenvalue weighted by molar-refractivity contribution is 0.0883. The van der Waals surface area contributed by atoms with E-state index in [1.54, 1.807) is 0 Å². The van der Waals surface area contributed by atoms with Gasteiger partial charge in [0.15, 0.2) is 0 Å². The minimum absolute atomic E-state index is 0.697. The van der Waals surface area contributed by atoms with E-state index in [-0.39, 0.29) is 0 Å². The first-order chi connectivity index (χ1) is 8.72. The van der Waals surface area contributed by atoms with E-state index in [0.717, 1.165) is 18.9 Å². The molecule has 1 fully saturated rings. The zero-order chi connectivity index (χ0) is 13.0. The molecule has 1 aromatic rings. The number of pyridine rings is 1. The molecule has 0 spiro atoms. The molecule has 18 heavy (non-hydrogen) atoms. The summed E-state index contributed by atoms with van der Waals surface area (Å²) in [4.78, 5) is 9.37. The fraction of sp³-hybridized carbons (Fsp3) is 0.643. The number of hydrogen-bond donors (Lipinski definition) is 1. The number of nitrogens with zero attached hydrogens (tertiary/aromatic N) is 3. The molecule has 100 valence electrons. The van der Waals surface area contributed by atoms with E-state index in [1.165, 1.54) is 25.1 Å². The molecule has 0 aromatic carbocycles. The van der Waals surface area contributed by atoms with Crippen molar-refractivity contribution in [2.75, 3.05) is 39.0 Å². The van der Waals surface area contributed by atoms with Crippen LogP contribution in [-0.4, -0.2) is 54.6 Å². The van der Waals surface area contributed by atoms with E-state index in [1.807, 2.05) is 19.3 Å². The maximum atomic E-state index is 4.37. The number of aromatic nitrogens is 1. The van der Waals surface area contributed by atoms with Gasteiger partial charge in [-0.3, -0.25) is 4.90 Å². The summed E-state index contributed by atoms with van der Waals surface area (Å²) in [5.41, 5.74) is 1.30. The third-order valence-corrected chi connectivity index (χ3v) is 3.82. The highest BCUT2D eigenvalue weighted by atomic mass is 15.3. The van der Waals surface area contributed by atoms with Crippen LogP contribution < -0.4 is 5.32 Å². The first-order valence-corrected chi connectivity index (χ1v) is 6.78. The summed E-state index contributed by atoms with van der Waals surface area (Å²) in [6.07, 6.45) is 3.20. The minimum atomic E-state index is 0.697. The Bertz CT molecular complexity index is 363. The monoisotopic (exact) mass is 248 g/mol. The standard InChI is InChI=1S/C14H24N4/c1-4-13-11-18(8-7-17(13)3)10-12-5-6-14(15-2)16-9-12/h5-6,9,13H,4,7-8,10-11H2,1-3H3,(H,15,16). The summed E-state index contributed by atoms with van der Waals surface area (Å²) in [5, 5.41) is 3.05. The van der Waals surface area contributed by atoms with Gasteiger partial charge in [0.1, 0.15) is 5.82 Å². The molecule has 0 bridgehead atoms. The van der Waals surface area contributed by atoms with Crippen LogP contribution in [0.1, 0.15) is 18.9 Å². The summed E-state index contributed by atoms with van der Waals surface area (Å²) in [6.45, 7) is 6.78. The molecule has 1 aliphatic heterocycles. The van der Waals surface area contributed by atoms with Crippen LogP contribution in [0.5, 0.6) is 0 Å². The molecule has 1 N–H and O–H groups in total. The number of hydrogen-bond acceptors (Lipinski definition) is 4. The highest BCUT2D eigenvalue weighted by Crippen LogP contribution is 2.14. The van der Waals surface area contributed by atoms with Gasteiger partial charge in [0.05, 0.1) is 0 Å². The molecule has 1 unspecified atom stereocenters. The number of anilines is 1. The van der Waals surface area contributed by atoms with Gasteiger partial charge in [0.2, 0.25) is 0 Å². The second kappa shape index (κ2) is 6.16. The number of rotatable bonds is 4. The lowest BCUT2D eigenvalue weighted by Gasteiger charge is -2.39. The molecule has 0 amide bonds. The van der Waals surface area contributed by atoms with Gasteiger partial charge in [-0.15, -0.1) is 0 Å². The smallest absolute Gasteiger partial charge is 0.125 e. The Morgan fingerprint density at radius 2 is 2.22 bits per heavy atom. The SMILES string of the molecule is CCC1CN(Cc2ccc(NC)nc2)CCN1C. The second-order valence-electron chi connectivity index (χ2n) is 5.08. The second-order valence-corrected chi connectivity index (χ2v) is 5.08. The maximum absolute atomic E-state index is 4.37. The van der Waals surface area contributed by atoms with Gasteiger partial charge in [0.25, 0.3) is 0 Å². The van der Waals surface area contributed by atoms with Crippen LogP contribution in [-0.2, 0) is 6.54 Å². The van der Waals surface area contributed by atoms with Gasteiger partial charge in [-0.05, 0) is 25.1 Å². The fourth-order valence-corrected chi connectivity index (χ4v) is 2.52. The lowest BCUT2D eigenvalue weighted by atomic mass is 10.1. The van der Waals surface area contributed by atoms with E-state index in [9.17, 15) is 0 Å². The van der Waals surface area contributed by atoms with Gasteiger partial charge < -0.3 is 10.2 Å². The van der Waals surface area contributed by atoms with Crippen LogP contribution in [0.3, 0.4) is 0 Å². The van der Waals surface area contributed by atoms with Crippen LogP contribution in [0.2, 0.25) is 0 Å². The largest absolute Gasteiger partial charge is 0.373 e. The third kappa shape index (κ3) is 3.21. The van der Waals surface area contributed by atoms with E-state index < -0.39 is 0 Å². The number of piperazine rings is 1. The normalized spacial score (nSPS) is 22.1. The van der Waals surface area contributed by atoms with Crippen LogP contribution in [0.15, 0.2) is 18.3 Å². The van der Waals surface area contributed by atoms with E-state index in [2.05, 4.69) is 40.1 Å². The van der Waals surface area contributed by atoms with E-state index in [4.69, 9.17) is 0 Å². The third-order valence-electron chi connectivity index (χ3n) is 3.82. The lowest BCUT2D eigenvalue weighted by Crippen LogP contribution is -2.50. The zero-order valence-corrected chi connectivity index (χ0v) is 11.7. The molecule has 0 radical (unpaired) electrons. The Hall–Kier alpha value is -1.13. The average molecular weight is 248 g/mol. The van der Waals surface area contributed by atoms with E-state index >= 15 is 0 Å². The minimum Gasteiger partial charge on any atom is -0.373 e. The number of likely N-dealkylation sites (N-methyl/N-ethyl adjacent to an activating group) is 1. The van der Waals surface area contributed by atoms with Crippen molar-refractivity contribution < 1.29 is 0 Å². The van der Waals surface area contributed by atoms with Crippen molar-refractivity contribution in [3.05, 3.63) is 23.9 Å². The highest BCUT2D eigenvalue weighted by molar-refractivity contribution is 5.34. The number of nitrogens with one attached hydrogen (secondary N) is 1. The van der Waals surface area contributed by atoms with Crippen LogP contribution in [0, 0.1) is 0 Å². The van der Waals surface area contributed by atoms with Crippen molar-refractivity contribution in [2.24, 2.45) is 0 Å². The van der Waals surface area contributed by atoms with Crippen molar-refractivity contribution in [3.63, 3.8) is 0 Å². The Balaban J connectivity index is 1.92. The Labute approximate surface area is 110 Å². The Kier molecular flexibility index (Phi) is 4.55. The van der Waals surface area contributed by atoms with Crippen molar-refractivity contribution >= 4 is 5.82 Å². The van der Waals surface area contributed by atoms with Crippen molar-refractivity contribution in [1.82, 2.24) is 14.8 Å². The molecular formula is C14H24N4. The Morgan fingerprint density at radius 1 is 1.39 bits per heavy atom. The van der Waals surface area contributed by atoms with Crippen molar-refractivity contribution in [1.29, 1.82) is 0 Å². The molecule has 4 nitrogen and oxygen atoms in total. The molecule has 1 atom stereocenters. The van der Waals surface area contributed by atoms with Crippen LogP contribution >= 0.6 is 0 Å². The molecule has 2 rings (SSSR count). The quantitative estimate of drug-likeness (QED) is 0.878. The molecule has 1 saturated heterocycles. The van der Waals surface area contributed by atoms with Crippen molar-refractivity contribution in [2.45, 2.75) is 25.9 Å². The molecule has 1 aliphatic rings.